The summed E-state index contributed by atoms with van der Waals surface area (Å²) >= 11 is 0. The van der Waals surface area contributed by atoms with Crippen LogP contribution in [0.3, 0.4) is 0 Å². The molecule has 0 aliphatic rings. The summed E-state index contributed by atoms with van der Waals surface area (Å²) in [5.41, 5.74) is 1.74. The van der Waals surface area contributed by atoms with E-state index < -0.39 is 6.10 Å². The third-order valence-corrected chi connectivity index (χ3v) is 2.16. The fraction of sp³-hybridized carbons (Fsp3) is 0.200. The summed E-state index contributed by atoms with van der Waals surface area (Å²) in [6, 6.07) is 7.50. The highest BCUT2D eigenvalue weighted by molar-refractivity contribution is 5.83. The van der Waals surface area contributed by atoms with Crippen molar-refractivity contribution in [3.8, 4) is 0 Å². The first-order valence-corrected chi connectivity index (χ1v) is 4.18. The molecule has 3 heteroatoms. The highest BCUT2D eigenvalue weighted by Crippen LogP contribution is 2.22. The van der Waals surface area contributed by atoms with Gasteiger partial charge in [-0.2, -0.15) is 0 Å². The fourth-order valence-electron chi connectivity index (χ4n) is 1.50. The summed E-state index contributed by atoms with van der Waals surface area (Å²) < 4.78 is 0. The summed E-state index contributed by atoms with van der Waals surface area (Å²) in [6.07, 6.45) is 1.03. The Hall–Kier alpha value is -1.32. The molecule has 0 fully saturated rings. The lowest BCUT2D eigenvalue weighted by Gasteiger charge is -2.08. The monoisotopic (exact) mass is 177 g/mol. The molecule has 0 radical (unpaired) electrons. The lowest BCUT2D eigenvalue weighted by atomic mass is 10.1. The van der Waals surface area contributed by atoms with E-state index in [4.69, 9.17) is 5.11 Å². The van der Waals surface area contributed by atoms with Crippen LogP contribution in [0.15, 0.2) is 30.5 Å². The van der Waals surface area contributed by atoms with E-state index in [0.29, 0.717) is 0 Å². The Morgan fingerprint density at radius 1 is 1.31 bits per heavy atom. The third kappa shape index (κ3) is 1.32. The lowest BCUT2D eigenvalue weighted by Crippen LogP contribution is -2.02. The molecular formula is C10H11NO2. The van der Waals surface area contributed by atoms with Gasteiger partial charge in [-0.05, 0) is 17.7 Å². The van der Waals surface area contributed by atoms with Crippen molar-refractivity contribution in [3.05, 3.63) is 36.0 Å². The number of hydrogen-bond acceptors (Lipinski definition) is 2. The molecule has 0 aliphatic carbocycles. The maximum atomic E-state index is 9.48. The van der Waals surface area contributed by atoms with E-state index in [0.717, 1.165) is 16.5 Å². The van der Waals surface area contributed by atoms with E-state index in [1.807, 2.05) is 30.5 Å². The number of nitrogens with one attached hydrogen (secondary N) is 1. The van der Waals surface area contributed by atoms with Crippen LogP contribution >= 0.6 is 0 Å². The minimum absolute atomic E-state index is 0.246. The maximum Gasteiger partial charge on any atom is 0.103 e. The van der Waals surface area contributed by atoms with E-state index in [-0.39, 0.29) is 6.61 Å². The minimum atomic E-state index is -0.792. The Bertz CT molecular complexity index is 408. The van der Waals surface area contributed by atoms with Gasteiger partial charge in [0.2, 0.25) is 0 Å². The Morgan fingerprint density at radius 2 is 2.15 bits per heavy atom. The average Bonchev–Trinajstić information content (AvgIpc) is 2.63. The molecule has 0 amide bonds. The predicted octanol–water partition coefficient (Wildman–Crippen LogP) is 1.19. The molecule has 0 saturated heterocycles. The molecule has 13 heavy (non-hydrogen) atoms. The number of aliphatic hydroxyl groups is 2. The Labute approximate surface area is 75.6 Å². The fourth-order valence-corrected chi connectivity index (χ4v) is 1.50. The van der Waals surface area contributed by atoms with E-state index in [9.17, 15) is 5.11 Å². The molecule has 1 atom stereocenters. The second-order valence-electron chi connectivity index (χ2n) is 2.98. The van der Waals surface area contributed by atoms with Gasteiger partial charge in [-0.3, -0.25) is 0 Å². The van der Waals surface area contributed by atoms with E-state index >= 15 is 0 Å². The standard InChI is InChI=1S/C10H11NO2/c12-6-10(13)8-2-1-3-9-7(8)4-5-11-9/h1-5,10-13H,6H2. The summed E-state index contributed by atoms with van der Waals surface area (Å²) in [5.74, 6) is 0. The van der Waals surface area contributed by atoms with E-state index in [1.54, 1.807) is 0 Å². The van der Waals surface area contributed by atoms with Crippen molar-refractivity contribution in [2.24, 2.45) is 0 Å². The van der Waals surface area contributed by atoms with Crippen molar-refractivity contribution < 1.29 is 10.2 Å². The Morgan fingerprint density at radius 3 is 2.92 bits per heavy atom. The van der Waals surface area contributed by atoms with Gasteiger partial charge in [0, 0.05) is 17.1 Å². The van der Waals surface area contributed by atoms with Crippen molar-refractivity contribution in [1.82, 2.24) is 4.98 Å². The van der Waals surface area contributed by atoms with Crippen LogP contribution in [-0.2, 0) is 0 Å². The van der Waals surface area contributed by atoms with Crippen molar-refractivity contribution in [1.29, 1.82) is 0 Å². The number of rotatable bonds is 2. The van der Waals surface area contributed by atoms with Gasteiger partial charge in [0.15, 0.2) is 0 Å². The van der Waals surface area contributed by atoms with Crippen molar-refractivity contribution >= 4 is 10.9 Å². The van der Waals surface area contributed by atoms with Crippen molar-refractivity contribution in [2.75, 3.05) is 6.61 Å². The second-order valence-corrected chi connectivity index (χ2v) is 2.98. The zero-order valence-corrected chi connectivity index (χ0v) is 7.07. The Kier molecular flexibility index (Phi) is 2.04. The zero-order chi connectivity index (χ0) is 9.26. The van der Waals surface area contributed by atoms with Crippen LogP contribution in [0, 0.1) is 0 Å². The third-order valence-electron chi connectivity index (χ3n) is 2.16. The summed E-state index contributed by atoms with van der Waals surface area (Å²) in [4.78, 5) is 3.05. The number of fused-ring (bicyclic) bond motifs is 1. The quantitative estimate of drug-likeness (QED) is 0.645. The molecule has 0 aliphatic heterocycles. The van der Waals surface area contributed by atoms with Gasteiger partial charge >= 0.3 is 0 Å². The van der Waals surface area contributed by atoms with Crippen LogP contribution in [0.4, 0.5) is 0 Å². The molecule has 1 heterocycles. The molecule has 68 valence electrons. The molecular weight excluding hydrogens is 166 g/mol. The van der Waals surface area contributed by atoms with Crippen molar-refractivity contribution in [2.45, 2.75) is 6.10 Å². The van der Waals surface area contributed by atoms with Gasteiger partial charge in [-0.25, -0.2) is 0 Å². The van der Waals surface area contributed by atoms with E-state index in [1.165, 1.54) is 0 Å². The van der Waals surface area contributed by atoms with Crippen LogP contribution in [-0.4, -0.2) is 21.8 Å². The van der Waals surface area contributed by atoms with E-state index in [2.05, 4.69) is 4.98 Å². The first-order valence-electron chi connectivity index (χ1n) is 4.18. The molecule has 0 spiro atoms. The molecule has 3 N–H and O–H groups in total. The number of aromatic amines is 1. The van der Waals surface area contributed by atoms with Gasteiger partial charge in [0.1, 0.15) is 6.10 Å². The SMILES string of the molecule is OCC(O)c1cccc2[nH]ccc12. The molecule has 2 rings (SSSR count). The molecule has 2 aromatic rings. The minimum Gasteiger partial charge on any atom is -0.393 e. The second kappa shape index (κ2) is 3.20. The highest BCUT2D eigenvalue weighted by atomic mass is 16.3. The molecule has 3 nitrogen and oxygen atoms in total. The smallest absolute Gasteiger partial charge is 0.103 e. The summed E-state index contributed by atoms with van der Waals surface area (Å²) in [6.45, 7) is -0.246. The van der Waals surface area contributed by atoms with Gasteiger partial charge in [-0.15, -0.1) is 0 Å². The first kappa shape index (κ1) is 8.29. The largest absolute Gasteiger partial charge is 0.393 e. The molecule has 1 aromatic carbocycles. The molecule has 0 saturated carbocycles. The van der Waals surface area contributed by atoms with Crippen LogP contribution < -0.4 is 0 Å². The summed E-state index contributed by atoms with van der Waals surface area (Å²) in [5, 5.41) is 19.3. The maximum absolute atomic E-state index is 9.48. The van der Waals surface area contributed by atoms with Gasteiger partial charge < -0.3 is 15.2 Å². The number of hydrogen-bond donors (Lipinski definition) is 3. The zero-order valence-electron chi connectivity index (χ0n) is 7.07. The van der Waals surface area contributed by atoms with Gasteiger partial charge in [-0.1, -0.05) is 12.1 Å². The number of benzene rings is 1. The summed E-state index contributed by atoms with van der Waals surface area (Å²) in [7, 11) is 0. The highest BCUT2D eigenvalue weighted by Gasteiger charge is 2.09. The lowest BCUT2D eigenvalue weighted by molar-refractivity contribution is 0.0967. The van der Waals surface area contributed by atoms with Crippen LogP contribution in [0.2, 0.25) is 0 Å². The number of aliphatic hydroxyl groups excluding tert-OH is 2. The van der Waals surface area contributed by atoms with Crippen LogP contribution in [0.5, 0.6) is 0 Å². The molecule has 1 aromatic heterocycles. The normalized spacial score (nSPS) is 13.4. The molecule has 1 unspecified atom stereocenters. The van der Waals surface area contributed by atoms with Crippen LogP contribution in [0.25, 0.3) is 10.9 Å². The topological polar surface area (TPSA) is 56.2 Å². The van der Waals surface area contributed by atoms with Gasteiger partial charge in [0.05, 0.1) is 6.61 Å². The first-order chi connectivity index (χ1) is 6.33. The molecule has 0 bridgehead atoms. The Balaban J connectivity index is 2.60. The number of aromatic nitrogens is 1. The van der Waals surface area contributed by atoms with Crippen molar-refractivity contribution in [3.63, 3.8) is 0 Å². The number of H-pyrrole nitrogens is 1. The average molecular weight is 177 g/mol. The van der Waals surface area contributed by atoms with Gasteiger partial charge in [0.25, 0.3) is 0 Å². The predicted molar refractivity (Wildman–Crippen MR) is 50.3 cm³/mol. The van der Waals surface area contributed by atoms with Crippen LogP contribution in [0.1, 0.15) is 11.7 Å².